The van der Waals surface area contributed by atoms with Crippen LogP contribution in [0, 0.1) is 5.82 Å². The molecule has 0 amide bonds. The minimum absolute atomic E-state index is 0.274. The zero-order chi connectivity index (χ0) is 14.0. The minimum Gasteiger partial charge on any atom is -0.360 e. The molecule has 0 aliphatic rings. The molecule has 0 N–H and O–H groups in total. The van der Waals surface area contributed by atoms with Crippen LogP contribution >= 0.6 is 15.9 Å². The van der Waals surface area contributed by atoms with Crippen LogP contribution in [0.1, 0.15) is 0 Å². The van der Waals surface area contributed by atoms with E-state index in [9.17, 15) is 4.39 Å². The highest BCUT2D eigenvalue weighted by atomic mass is 79.9. The van der Waals surface area contributed by atoms with Crippen molar-refractivity contribution in [1.82, 2.24) is 9.78 Å². The van der Waals surface area contributed by atoms with Gasteiger partial charge in [-0.1, -0.05) is 35.6 Å². The molecule has 0 unspecified atom stereocenters. The molecule has 6 heteroatoms. The lowest BCUT2D eigenvalue weighted by molar-refractivity contribution is 0.0813. The average molecular weight is 345 g/mol. The largest absolute Gasteiger partial charge is 0.360 e. The highest BCUT2D eigenvalue weighted by Crippen LogP contribution is 2.26. The molecule has 0 atom stereocenters. The molecule has 1 aromatic carbocycles. The molecule has 2 aromatic rings. The van der Waals surface area contributed by atoms with E-state index >= 15 is 0 Å². The second-order valence-corrected chi connectivity index (χ2v) is 12.3. The van der Waals surface area contributed by atoms with E-state index in [-0.39, 0.29) is 5.82 Å². The number of fused-ring (bicyclic) bond motifs is 1. The first-order valence-corrected chi connectivity index (χ1v) is 10.8. The number of hydrogen-bond donors (Lipinski definition) is 0. The van der Waals surface area contributed by atoms with Crippen LogP contribution in [-0.2, 0) is 11.5 Å². The summed E-state index contributed by atoms with van der Waals surface area (Å²) >= 11 is 3.40. The Hall–Kier alpha value is -0.723. The first-order valence-electron chi connectivity index (χ1n) is 6.26. The summed E-state index contributed by atoms with van der Waals surface area (Å²) in [5.41, 5.74) is 0.488. The average Bonchev–Trinajstić information content (AvgIpc) is 2.73. The van der Waals surface area contributed by atoms with Gasteiger partial charge >= 0.3 is 0 Å². The van der Waals surface area contributed by atoms with E-state index in [4.69, 9.17) is 4.74 Å². The van der Waals surface area contributed by atoms with Crippen molar-refractivity contribution in [3.63, 3.8) is 0 Å². The van der Waals surface area contributed by atoms with Gasteiger partial charge in [-0.2, -0.15) is 5.10 Å². The van der Waals surface area contributed by atoms with Crippen molar-refractivity contribution in [2.75, 3.05) is 6.61 Å². The molecule has 0 aliphatic heterocycles. The van der Waals surface area contributed by atoms with Crippen LogP contribution in [0.2, 0.25) is 25.7 Å². The third-order valence-corrected chi connectivity index (χ3v) is 5.30. The Bertz CT molecular complexity index is 580. The maximum atomic E-state index is 13.8. The van der Waals surface area contributed by atoms with Gasteiger partial charge in [-0.15, -0.1) is 0 Å². The number of halogens is 2. The van der Waals surface area contributed by atoms with Crippen molar-refractivity contribution in [3.05, 3.63) is 28.6 Å². The molecular weight excluding hydrogens is 327 g/mol. The fraction of sp³-hybridized carbons (Fsp3) is 0.462. The molecule has 2 rings (SSSR count). The van der Waals surface area contributed by atoms with Gasteiger partial charge in [0.15, 0.2) is 0 Å². The van der Waals surface area contributed by atoms with Gasteiger partial charge in [-0.05, 0) is 18.2 Å². The van der Waals surface area contributed by atoms with Crippen molar-refractivity contribution in [2.45, 2.75) is 32.4 Å². The predicted octanol–water partition coefficient (Wildman–Crippen LogP) is 4.25. The third-order valence-electron chi connectivity index (χ3n) is 2.91. The summed E-state index contributed by atoms with van der Waals surface area (Å²) in [5, 5.41) is 4.96. The first-order chi connectivity index (χ1) is 8.88. The number of benzene rings is 1. The van der Waals surface area contributed by atoms with Crippen molar-refractivity contribution in [2.24, 2.45) is 0 Å². The predicted molar refractivity (Wildman–Crippen MR) is 81.5 cm³/mol. The minimum atomic E-state index is -1.09. The molecule has 3 nitrogen and oxygen atoms in total. The van der Waals surface area contributed by atoms with E-state index in [1.807, 2.05) is 0 Å². The van der Waals surface area contributed by atoms with Crippen molar-refractivity contribution in [1.29, 1.82) is 0 Å². The maximum absolute atomic E-state index is 13.8. The molecule has 0 bridgehead atoms. The van der Waals surface area contributed by atoms with Gasteiger partial charge < -0.3 is 4.74 Å². The van der Waals surface area contributed by atoms with E-state index in [1.165, 1.54) is 6.07 Å². The summed E-state index contributed by atoms with van der Waals surface area (Å²) in [4.78, 5) is 0. The number of hydrogen-bond acceptors (Lipinski definition) is 2. The number of ether oxygens (including phenoxy) is 1. The van der Waals surface area contributed by atoms with Gasteiger partial charge in [0.05, 0.1) is 6.20 Å². The smallest absolute Gasteiger partial charge is 0.149 e. The first kappa shape index (κ1) is 14.7. The quantitative estimate of drug-likeness (QED) is 0.598. The van der Waals surface area contributed by atoms with E-state index in [2.05, 4.69) is 40.7 Å². The van der Waals surface area contributed by atoms with Gasteiger partial charge in [-0.25, -0.2) is 9.07 Å². The van der Waals surface area contributed by atoms with Gasteiger partial charge in [0.2, 0.25) is 0 Å². The number of nitrogens with zero attached hydrogens (tertiary/aromatic N) is 2. The molecule has 0 fully saturated rings. The molecule has 0 spiro atoms. The second-order valence-electron chi connectivity index (χ2n) is 5.78. The number of rotatable bonds is 5. The van der Waals surface area contributed by atoms with Crippen molar-refractivity contribution >= 4 is 34.9 Å². The van der Waals surface area contributed by atoms with E-state index in [0.717, 1.165) is 15.9 Å². The van der Waals surface area contributed by atoms with Gasteiger partial charge in [0.25, 0.3) is 0 Å². The van der Waals surface area contributed by atoms with Crippen LogP contribution in [0.25, 0.3) is 10.9 Å². The van der Waals surface area contributed by atoms with Gasteiger partial charge in [-0.3, -0.25) is 0 Å². The van der Waals surface area contributed by atoms with E-state index in [0.29, 0.717) is 18.9 Å². The highest BCUT2D eigenvalue weighted by molar-refractivity contribution is 9.10. The molecular formula is C13H18BrFN2OSi. The van der Waals surface area contributed by atoms with Crippen LogP contribution in [0.5, 0.6) is 0 Å². The summed E-state index contributed by atoms with van der Waals surface area (Å²) in [6.07, 6.45) is 1.66. The highest BCUT2D eigenvalue weighted by Gasteiger charge is 2.13. The van der Waals surface area contributed by atoms with Crippen molar-refractivity contribution in [3.8, 4) is 0 Å². The van der Waals surface area contributed by atoms with Gasteiger partial charge in [0, 0.05) is 24.5 Å². The molecule has 0 aliphatic carbocycles. The fourth-order valence-electron chi connectivity index (χ4n) is 1.75. The Morgan fingerprint density at radius 1 is 1.37 bits per heavy atom. The van der Waals surface area contributed by atoms with Gasteiger partial charge in [0.1, 0.15) is 18.1 Å². The van der Waals surface area contributed by atoms with Crippen LogP contribution < -0.4 is 0 Å². The Morgan fingerprint density at radius 3 is 2.79 bits per heavy atom. The zero-order valence-corrected chi connectivity index (χ0v) is 14.0. The lowest BCUT2D eigenvalue weighted by Crippen LogP contribution is -2.22. The Morgan fingerprint density at radius 2 is 2.11 bits per heavy atom. The summed E-state index contributed by atoms with van der Waals surface area (Å²) < 4.78 is 21.9. The maximum Gasteiger partial charge on any atom is 0.149 e. The standard InChI is InChI=1S/C13H18BrFN2OSi/c1-19(2,3)7-6-18-9-17-13-10(8-16-17)11(14)4-5-12(13)15/h4-5,8H,6-7,9H2,1-3H3. The summed E-state index contributed by atoms with van der Waals surface area (Å²) in [6.45, 7) is 7.90. The van der Waals surface area contributed by atoms with E-state index < -0.39 is 8.07 Å². The Kier molecular flexibility index (Phi) is 4.42. The molecule has 0 saturated carbocycles. The van der Waals surface area contributed by atoms with Crippen LogP contribution in [0.3, 0.4) is 0 Å². The normalized spacial score (nSPS) is 12.3. The van der Waals surface area contributed by atoms with Crippen molar-refractivity contribution < 1.29 is 9.13 Å². The molecule has 1 aromatic heterocycles. The van der Waals surface area contributed by atoms with Crippen LogP contribution in [0.4, 0.5) is 4.39 Å². The number of aromatic nitrogens is 2. The zero-order valence-electron chi connectivity index (χ0n) is 11.4. The molecule has 1 heterocycles. The Balaban J connectivity index is 2.08. The topological polar surface area (TPSA) is 27.1 Å². The summed E-state index contributed by atoms with van der Waals surface area (Å²) in [7, 11) is -1.09. The third kappa shape index (κ3) is 3.64. The molecule has 104 valence electrons. The lowest BCUT2D eigenvalue weighted by atomic mass is 10.2. The summed E-state index contributed by atoms with van der Waals surface area (Å²) in [6, 6.07) is 4.22. The Labute approximate surface area is 121 Å². The van der Waals surface area contributed by atoms with Crippen LogP contribution in [-0.4, -0.2) is 24.5 Å². The lowest BCUT2D eigenvalue weighted by Gasteiger charge is -2.15. The fourth-order valence-corrected chi connectivity index (χ4v) is 2.93. The molecule has 0 radical (unpaired) electrons. The monoisotopic (exact) mass is 344 g/mol. The molecule has 19 heavy (non-hydrogen) atoms. The van der Waals surface area contributed by atoms with E-state index in [1.54, 1.807) is 16.9 Å². The molecule has 0 saturated heterocycles. The van der Waals surface area contributed by atoms with Crippen LogP contribution in [0.15, 0.2) is 22.8 Å². The second kappa shape index (κ2) is 5.72. The summed E-state index contributed by atoms with van der Waals surface area (Å²) in [5.74, 6) is -0.274. The SMILES string of the molecule is C[Si](C)(C)CCOCn1ncc2c(Br)ccc(F)c21.